The van der Waals surface area contributed by atoms with Crippen LogP contribution in [0.1, 0.15) is 27.6 Å². The molecule has 0 atom stereocenters. The first-order chi connectivity index (χ1) is 12.1. The van der Waals surface area contributed by atoms with E-state index in [2.05, 4.69) is 25.3 Å². The predicted molar refractivity (Wildman–Crippen MR) is 92.9 cm³/mol. The van der Waals surface area contributed by atoms with Gasteiger partial charge in [-0.1, -0.05) is 0 Å². The van der Waals surface area contributed by atoms with Gasteiger partial charge in [0.25, 0.3) is 11.8 Å². The maximum Gasteiger partial charge on any atom is 0.414 e. The van der Waals surface area contributed by atoms with Crippen LogP contribution in [-0.2, 0) is 4.74 Å². The van der Waals surface area contributed by atoms with E-state index in [1.165, 1.54) is 23.6 Å². The number of fused-ring (bicyclic) bond motifs is 1. The van der Waals surface area contributed by atoms with E-state index in [-0.39, 0.29) is 12.2 Å². The first-order valence-corrected chi connectivity index (χ1v) is 8.26. The lowest BCUT2D eigenvalue weighted by atomic mass is 10.2. The minimum atomic E-state index is -0.835. The number of aromatic amines is 1. The van der Waals surface area contributed by atoms with Gasteiger partial charge in [0.2, 0.25) is 0 Å². The van der Waals surface area contributed by atoms with Gasteiger partial charge in [-0.25, -0.2) is 9.78 Å². The number of amides is 3. The number of aromatic nitrogens is 2. The highest BCUT2D eigenvalue weighted by atomic mass is 32.1. The summed E-state index contributed by atoms with van der Waals surface area (Å²) in [4.78, 5) is 43.0. The van der Waals surface area contributed by atoms with Gasteiger partial charge in [0.05, 0.1) is 17.7 Å². The molecule has 8 nitrogen and oxygen atoms in total. The molecule has 0 bridgehead atoms. The molecule has 3 aromatic rings. The van der Waals surface area contributed by atoms with Crippen LogP contribution in [-0.4, -0.2) is 34.5 Å². The van der Waals surface area contributed by atoms with E-state index in [0.29, 0.717) is 16.2 Å². The van der Waals surface area contributed by atoms with Crippen molar-refractivity contribution in [1.29, 1.82) is 0 Å². The van der Waals surface area contributed by atoms with Crippen molar-refractivity contribution in [3.63, 3.8) is 0 Å². The van der Waals surface area contributed by atoms with Crippen LogP contribution in [0.2, 0.25) is 0 Å². The molecular weight excluding hydrogens is 344 g/mol. The average Bonchev–Trinajstić information content (AvgIpc) is 3.22. The first kappa shape index (κ1) is 16.7. The molecule has 128 valence electrons. The third-order valence-corrected chi connectivity index (χ3v) is 4.12. The van der Waals surface area contributed by atoms with Crippen molar-refractivity contribution in [2.45, 2.75) is 6.92 Å². The van der Waals surface area contributed by atoms with Gasteiger partial charge >= 0.3 is 6.09 Å². The molecule has 0 aliphatic rings. The highest BCUT2D eigenvalue weighted by Crippen LogP contribution is 2.24. The van der Waals surface area contributed by atoms with Crippen LogP contribution in [0, 0.1) is 0 Å². The summed E-state index contributed by atoms with van der Waals surface area (Å²) >= 11 is 1.18. The molecule has 3 rings (SSSR count). The fraction of sp³-hybridized carbons (Fsp3) is 0.125. The Bertz CT molecular complexity index is 946. The van der Waals surface area contributed by atoms with Crippen molar-refractivity contribution >= 4 is 45.3 Å². The summed E-state index contributed by atoms with van der Waals surface area (Å²) in [6, 6.07) is 5.02. The molecule has 0 spiro atoms. The van der Waals surface area contributed by atoms with Crippen LogP contribution in [0.15, 0.2) is 36.0 Å². The molecular formula is C16H14N4O4S. The van der Waals surface area contributed by atoms with Gasteiger partial charge in [-0.15, -0.1) is 11.3 Å². The maximum atomic E-state index is 12.4. The SMILES string of the molecule is CCOC(=O)NC(=O)c1ccsc1NC(=O)c1cnc2[nH]ccc2c1. The lowest BCUT2D eigenvalue weighted by Gasteiger charge is -2.07. The summed E-state index contributed by atoms with van der Waals surface area (Å²) in [6.45, 7) is 1.79. The van der Waals surface area contributed by atoms with E-state index in [1.807, 2.05) is 6.07 Å². The molecule has 3 amide bonds. The van der Waals surface area contributed by atoms with Gasteiger partial charge in [0.15, 0.2) is 0 Å². The highest BCUT2D eigenvalue weighted by molar-refractivity contribution is 7.14. The Morgan fingerprint density at radius 2 is 2.12 bits per heavy atom. The molecule has 0 aromatic carbocycles. The van der Waals surface area contributed by atoms with Crippen LogP contribution < -0.4 is 10.6 Å². The molecule has 3 heterocycles. The number of carbonyl (C=O) groups is 3. The molecule has 0 fully saturated rings. The Labute approximate surface area is 146 Å². The molecule has 0 aliphatic heterocycles. The van der Waals surface area contributed by atoms with E-state index >= 15 is 0 Å². The number of nitrogens with zero attached hydrogens (tertiary/aromatic N) is 1. The number of imide groups is 1. The second-order valence-corrected chi connectivity index (χ2v) is 5.85. The number of hydrogen-bond donors (Lipinski definition) is 3. The lowest BCUT2D eigenvalue weighted by Crippen LogP contribution is -2.31. The van der Waals surface area contributed by atoms with Crippen molar-refractivity contribution in [2.24, 2.45) is 0 Å². The van der Waals surface area contributed by atoms with Crippen molar-refractivity contribution in [1.82, 2.24) is 15.3 Å². The van der Waals surface area contributed by atoms with Crippen molar-refractivity contribution in [3.05, 3.63) is 47.1 Å². The monoisotopic (exact) mass is 358 g/mol. The van der Waals surface area contributed by atoms with Crippen LogP contribution in [0.3, 0.4) is 0 Å². The molecule has 25 heavy (non-hydrogen) atoms. The van der Waals surface area contributed by atoms with Crippen LogP contribution >= 0.6 is 11.3 Å². The lowest BCUT2D eigenvalue weighted by molar-refractivity contribution is 0.0926. The topological polar surface area (TPSA) is 113 Å². The van der Waals surface area contributed by atoms with Gasteiger partial charge in [0, 0.05) is 17.8 Å². The molecule has 0 aliphatic carbocycles. The number of anilines is 1. The predicted octanol–water partition coefficient (Wildman–Crippen LogP) is 2.76. The van der Waals surface area contributed by atoms with E-state index in [0.717, 1.165) is 5.39 Å². The molecule has 0 saturated heterocycles. The van der Waals surface area contributed by atoms with Crippen molar-refractivity contribution in [2.75, 3.05) is 11.9 Å². The fourth-order valence-corrected chi connectivity index (χ4v) is 2.93. The third-order valence-electron chi connectivity index (χ3n) is 3.29. The van der Waals surface area contributed by atoms with E-state index in [9.17, 15) is 14.4 Å². The van der Waals surface area contributed by atoms with Crippen molar-refractivity contribution < 1.29 is 19.1 Å². The van der Waals surface area contributed by atoms with Gasteiger partial charge < -0.3 is 15.0 Å². The second-order valence-electron chi connectivity index (χ2n) is 4.93. The number of hydrogen-bond acceptors (Lipinski definition) is 6. The zero-order valence-corrected chi connectivity index (χ0v) is 14.0. The summed E-state index contributed by atoms with van der Waals surface area (Å²) in [5.41, 5.74) is 1.22. The third kappa shape index (κ3) is 3.66. The second kappa shape index (κ2) is 7.14. The summed E-state index contributed by atoms with van der Waals surface area (Å²) in [6.07, 6.45) is 2.34. The Morgan fingerprint density at radius 3 is 2.92 bits per heavy atom. The standard InChI is InChI=1S/C16H14N4O4S/c1-2-24-16(23)20-14(22)11-4-6-25-15(11)19-13(21)10-7-9-3-5-17-12(9)18-8-10/h3-8H,2H2,1H3,(H,17,18)(H,19,21)(H,20,22,23). The quantitative estimate of drug-likeness (QED) is 0.664. The fourth-order valence-electron chi connectivity index (χ4n) is 2.15. The normalized spacial score (nSPS) is 10.4. The number of pyridine rings is 1. The van der Waals surface area contributed by atoms with Gasteiger partial charge in [-0.05, 0) is 30.5 Å². The van der Waals surface area contributed by atoms with Gasteiger partial charge in [-0.2, -0.15) is 0 Å². The largest absolute Gasteiger partial charge is 0.450 e. The Balaban J connectivity index is 1.74. The summed E-state index contributed by atoms with van der Waals surface area (Å²) < 4.78 is 4.67. The summed E-state index contributed by atoms with van der Waals surface area (Å²) in [5.74, 6) is -1.04. The number of ether oxygens (including phenoxy) is 1. The molecule has 0 unspecified atom stereocenters. The number of carbonyl (C=O) groups excluding carboxylic acids is 3. The summed E-state index contributed by atoms with van der Waals surface area (Å²) in [7, 11) is 0. The average molecular weight is 358 g/mol. The molecule has 3 N–H and O–H groups in total. The molecule has 9 heteroatoms. The minimum absolute atomic E-state index is 0.154. The first-order valence-electron chi connectivity index (χ1n) is 7.38. The van der Waals surface area contributed by atoms with Crippen LogP contribution in [0.5, 0.6) is 0 Å². The number of thiophene rings is 1. The Kier molecular flexibility index (Phi) is 4.75. The molecule has 3 aromatic heterocycles. The summed E-state index contributed by atoms with van der Waals surface area (Å²) in [5, 5.41) is 7.54. The van der Waals surface area contributed by atoms with Crippen molar-refractivity contribution in [3.8, 4) is 0 Å². The van der Waals surface area contributed by atoms with E-state index < -0.39 is 17.9 Å². The maximum absolute atomic E-state index is 12.4. The van der Waals surface area contributed by atoms with E-state index in [4.69, 9.17) is 0 Å². The molecule has 0 radical (unpaired) electrons. The minimum Gasteiger partial charge on any atom is -0.450 e. The Morgan fingerprint density at radius 1 is 1.28 bits per heavy atom. The zero-order chi connectivity index (χ0) is 17.8. The highest BCUT2D eigenvalue weighted by Gasteiger charge is 2.18. The number of H-pyrrole nitrogens is 1. The van der Waals surface area contributed by atoms with Crippen LogP contribution in [0.4, 0.5) is 9.80 Å². The van der Waals surface area contributed by atoms with Crippen LogP contribution in [0.25, 0.3) is 11.0 Å². The molecule has 0 saturated carbocycles. The van der Waals surface area contributed by atoms with E-state index in [1.54, 1.807) is 24.6 Å². The smallest absolute Gasteiger partial charge is 0.414 e. The Hall–Kier alpha value is -3.20. The van der Waals surface area contributed by atoms with Gasteiger partial charge in [-0.3, -0.25) is 14.9 Å². The number of rotatable bonds is 4. The number of alkyl carbamates (subject to hydrolysis) is 1. The zero-order valence-electron chi connectivity index (χ0n) is 13.2. The number of nitrogens with one attached hydrogen (secondary N) is 3. The van der Waals surface area contributed by atoms with Gasteiger partial charge in [0.1, 0.15) is 10.6 Å².